The fraction of sp³-hybridized carbons (Fsp3) is 0.588. The molecule has 2 heterocycles. The van der Waals surface area contributed by atoms with Crippen LogP contribution < -0.4 is 5.32 Å². The molecule has 4 nitrogen and oxygen atoms in total. The zero-order valence-electron chi connectivity index (χ0n) is 13.5. The van der Waals surface area contributed by atoms with Crippen molar-refractivity contribution in [1.29, 1.82) is 0 Å². The number of likely N-dealkylation sites (tertiary alicyclic amines) is 1. The summed E-state index contributed by atoms with van der Waals surface area (Å²) >= 11 is 0. The number of hydrogen-bond donors (Lipinski definition) is 1. The lowest BCUT2D eigenvalue weighted by Crippen LogP contribution is -2.40. The van der Waals surface area contributed by atoms with Gasteiger partial charge in [-0.25, -0.2) is 4.79 Å². The number of benzene rings is 1. The molecule has 0 saturated carbocycles. The second-order valence-corrected chi connectivity index (χ2v) is 6.45. The van der Waals surface area contributed by atoms with Crippen molar-refractivity contribution in [2.75, 3.05) is 39.3 Å². The molecule has 0 bridgehead atoms. The predicted molar refractivity (Wildman–Crippen MR) is 84.8 cm³/mol. The van der Waals surface area contributed by atoms with Gasteiger partial charge in [-0.3, -0.25) is 0 Å². The standard InChI is InChI=1S/C17H22F3N3O/c18-17(19,20)15-3-1-13(2-4-15)14-5-8-22(9-6-14)11-12-23-10-7-21-16(23)24/h1-4,14H,5-12H2,(H,21,24). The van der Waals surface area contributed by atoms with E-state index in [2.05, 4.69) is 10.2 Å². The van der Waals surface area contributed by atoms with E-state index in [-0.39, 0.29) is 6.03 Å². The average Bonchev–Trinajstić information content (AvgIpc) is 2.98. The Hall–Kier alpha value is -1.76. The molecule has 0 aliphatic carbocycles. The molecule has 132 valence electrons. The Morgan fingerprint density at radius 2 is 1.71 bits per heavy atom. The fourth-order valence-corrected chi connectivity index (χ4v) is 3.42. The van der Waals surface area contributed by atoms with Gasteiger partial charge in [-0.1, -0.05) is 12.1 Å². The first-order chi connectivity index (χ1) is 11.4. The first kappa shape index (κ1) is 17.1. The lowest BCUT2D eigenvalue weighted by Gasteiger charge is -2.33. The van der Waals surface area contributed by atoms with Gasteiger partial charge in [0.25, 0.3) is 0 Å². The second-order valence-electron chi connectivity index (χ2n) is 6.45. The highest BCUT2D eigenvalue weighted by Gasteiger charge is 2.30. The van der Waals surface area contributed by atoms with Crippen LogP contribution in [0.4, 0.5) is 18.0 Å². The maximum absolute atomic E-state index is 12.6. The summed E-state index contributed by atoms with van der Waals surface area (Å²) in [6.07, 6.45) is -2.39. The van der Waals surface area contributed by atoms with E-state index in [1.807, 2.05) is 4.90 Å². The van der Waals surface area contributed by atoms with Gasteiger partial charge in [0.15, 0.2) is 0 Å². The number of hydrogen-bond acceptors (Lipinski definition) is 2. The molecule has 1 aromatic rings. The van der Waals surface area contributed by atoms with Crippen LogP contribution in [0.3, 0.4) is 0 Å². The summed E-state index contributed by atoms with van der Waals surface area (Å²) in [6, 6.07) is 5.58. The summed E-state index contributed by atoms with van der Waals surface area (Å²) in [7, 11) is 0. The van der Waals surface area contributed by atoms with Gasteiger partial charge in [-0.05, 0) is 49.5 Å². The first-order valence-electron chi connectivity index (χ1n) is 8.36. The third-order valence-electron chi connectivity index (χ3n) is 4.93. The number of halogens is 3. The van der Waals surface area contributed by atoms with Crippen LogP contribution in [0.5, 0.6) is 0 Å². The highest BCUT2D eigenvalue weighted by atomic mass is 19.4. The lowest BCUT2D eigenvalue weighted by molar-refractivity contribution is -0.137. The predicted octanol–water partition coefficient (Wildman–Crippen LogP) is 2.91. The van der Waals surface area contributed by atoms with Gasteiger partial charge in [-0.2, -0.15) is 13.2 Å². The van der Waals surface area contributed by atoms with E-state index >= 15 is 0 Å². The summed E-state index contributed by atoms with van der Waals surface area (Å²) in [5, 5.41) is 2.79. The number of alkyl halides is 3. The monoisotopic (exact) mass is 341 g/mol. The number of nitrogens with zero attached hydrogens (tertiary/aromatic N) is 2. The molecule has 0 unspecified atom stereocenters. The Balaban J connectivity index is 1.47. The zero-order valence-corrected chi connectivity index (χ0v) is 13.5. The third-order valence-corrected chi connectivity index (χ3v) is 4.93. The van der Waals surface area contributed by atoms with E-state index in [9.17, 15) is 18.0 Å². The minimum absolute atomic E-state index is 0.00893. The van der Waals surface area contributed by atoms with Crippen molar-refractivity contribution in [3.8, 4) is 0 Å². The van der Waals surface area contributed by atoms with E-state index in [4.69, 9.17) is 0 Å². The molecular formula is C17H22F3N3O. The van der Waals surface area contributed by atoms with Crippen LogP contribution in [0.2, 0.25) is 0 Å². The number of carbonyl (C=O) groups excluding carboxylic acids is 1. The van der Waals surface area contributed by atoms with Crippen LogP contribution in [0.25, 0.3) is 0 Å². The normalized spacial score (nSPS) is 20.5. The molecule has 2 aliphatic heterocycles. The molecular weight excluding hydrogens is 319 g/mol. The van der Waals surface area contributed by atoms with Crippen LogP contribution in [0.15, 0.2) is 24.3 Å². The Labute approximate surface area is 139 Å². The third kappa shape index (κ3) is 4.01. The van der Waals surface area contributed by atoms with Gasteiger partial charge in [0, 0.05) is 26.2 Å². The Kier molecular flexibility index (Phi) is 4.99. The van der Waals surface area contributed by atoms with Crippen LogP contribution in [0, 0.1) is 0 Å². The zero-order chi connectivity index (χ0) is 17.2. The molecule has 2 fully saturated rings. The average molecular weight is 341 g/mol. The molecule has 1 aromatic carbocycles. The summed E-state index contributed by atoms with van der Waals surface area (Å²) in [5.41, 5.74) is 0.397. The van der Waals surface area contributed by atoms with Crippen LogP contribution in [0.1, 0.15) is 29.9 Å². The van der Waals surface area contributed by atoms with E-state index < -0.39 is 11.7 Å². The van der Waals surface area contributed by atoms with Gasteiger partial charge < -0.3 is 15.1 Å². The molecule has 2 amide bonds. The minimum atomic E-state index is -4.27. The largest absolute Gasteiger partial charge is 0.416 e. The maximum atomic E-state index is 12.6. The second kappa shape index (κ2) is 7.01. The van der Waals surface area contributed by atoms with E-state index in [1.165, 1.54) is 12.1 Å². The highest BCUT2D eigenvalue weighted by molar-refractivity contribution is 5.76. The number of carbonyl (C=O) groups is 1. The first-order valence-corrected chi connectivity index (χ1v) is 8.36. The van der Waals surface area contributed by atoms with Gasteiger partial charge in [-0.15, -0.1) is 0 Å². The molecule has 3 rings (SSSR count). The molecule has 2 aliphatic rings. The number of nitrogens with one attached hydrogen (secondary N) is 1. The molecule has 0 spiro atoms. The van der Waals surface area contributed by atoms with Gasteiger partial charge in [0.1, 0.15) is 0 Å². The SMILES string of the molecule is O=C1NCCN1CCN1CCC(c2ccc(C(F)(F)F)cc2)CC1. The van der Waals surface area contributed by atoms with Crippen molar-refractivity contribution in [2.45, 2.75) is 24.9 Å². The van der Waals surface area contributed by atoms with Gasteiger partial charge in [0.2, 0.25) is 0 Å². The van der Waals surface area contributed by atoms with Crippen LogP contribution >= 0.6 is 0 Å². The summed E-state index contributed by atoms with van der Waals surface area (Å²) in [4.78, 5) is 15.6. The minimum Gasteiger partial charge on any atom is -0.336 e. The molecule has 24 heavy (non-hydrogen) atoms. The number of amides is 2. The van der Waals surface area contributed by atoms with Gasteiger partial charge >= 0.3 is 12.2 Å². The van der Waals surface area contributed by atoms with E-state index in [1.54, 1.807) is 12.1 Å². The van der Waals surface area contributed by atoms with Crippen LogP contribution in [-0.4, -0.2) is 55.1 Å². The van der Waals surface area contributed by atoms with Crippen LogP contribution in [-0.2, 0) is 6.18 Å². The van der Waals surface area contributed by atoms with Gasteiger partial charge in [0.05, 0.1) is 5.56 Å². The summed E-state index contributed by atoms with van der Waals surface area (Å²) in [5.74, 6) is 0.318. The lowest BCUT2D eigenvalue weighted by atomic mass is 9.89. The van der Waals surface area contributed by atoms with E-state index in [0.717, 1.165) is 57.7 Å². The smallest absolute Gasteiger partial charge is 0.336 e. The summed E-state index contributed by atoms with van der Waals surface area (Å²) < 4.78 is 37.8. The Bertz CT molecular complexity index is 565. The maximum Gasteiger partial charge on any atom is 0.416 e. The van der Waals surface area contributed by atoms with E-state index in [0.29, 0.717) is 5.92 Å². The number of urea groups is 1. The molecule has 0 radical (unpaired) electrons. The fourth-order valence-electron chi connectivity index (χ4n) is 3.42. The number of piperidine rings is 1. The van der Waals surface area contributed by atoms with Crippen molar-refractivity contribution < 1.29 is 18.0 Å². The van der Waals surface area contributed by atoms with Crippen molar-refractivity contribution in [1.82, 2.24) is 15.1 Å². The molecule has 0 aromatic heterocycles. The molecule has 1 N–H and O–H groups in total. The topological polar surface area (TPSA) is 35.6 Å². The molecule has 7 heteroatoms. The molecule has 0 atom stereocenters. The highest BCUT2D eigenvalue weighted by Crippen LogP contribution is 2.32. The number of rotatable bonds is 4. The van der Waals surface area contributed by atoms with Crippen molar-refractivity contribution in [3.63, 3.8) is 0 Å². The van der Waals surface area contributed by atoms with Crippen molar-refractivity contribution in [2.24, 2.45) is 0 Å². The van der Waals surface area contributed by atoms with Crippen molar-refractivity contribution in [3.05, 3.63) is 35.4 Å². The summed E-state index contributed by atoms with van der Waals surface area (Å²) in [6.45, 7) is 4.90. The quantitative estimate of drug-likeness (QED) is 0.914. The van der Waals surface area contributed by atoms with Crippen molar-refractivity contribution >= 4 is 6.03 Å². The Morgan fingerprint density at radius 1 is 1.04 bits per heavy atom. The Morgan fingerprint density at radius 3 is 2.25 bits per heavy atom. The molecule has 2 saturated heterocycles.